The molecule has 3 heterocycles. The van der Waals surface area contributed by atoms with Gasteiger partial charge in [0.25, 0.3) is 5.91 Å². The number of carbonyl (C=O) groups excluding carboxylic acids is 1. The van der Waals surface area contributed by atoms with Gasteiger partial charge < -0.3 is 15.4 Å². The number of benzene rings is 1. The fraction of sp³-hybridized carbons (Fsp3) is 0.350. The van der Waals surface area contributed by atoms with E-state index in [2.05, 4.69) is 21.7 Å². The van der Waals surface area contributed by atoms with E-state index in [-0.39, 0.29) is 18.3 Å². The Hall–Kier alpha value is -3.00. The Labute approximate surface area is 161 Å². The van der Waals surface area contributed by atoms with Crippen LogP contribution >= 0.6 is 0 Å². The first-order valence-corrected chi connectivity index (χ1v) is 9.38. The summed E-state index contributed by atoms with van der Waals surface area (Å²) in [7, 11) is 0. The first-order chi connectivity index (χ1) is 13.7. The Morgan fingerprint density at radius 1 is 1.32 bits per heavy atom. The normalized spacial score (nSPS) is 16.4. The van der Waals surface area contributed by atoms with Crippen molar-refractivity contribution in [3.8, 4) is 5.75 Å². The molecule has 1 amide bonds. The van der Waals surface area contributed by atoms with E-state index in [1.54, 1.807) is 6.20 Å². The van der Waals surface area contributed by atoms with Crippen LogP contribution in [0.4, 0.5) is 4.39 Å². The molecule has 1 aliphatic rings. The van der Waals surface area contributed by atoms with Crippen LogP contribution in [-0.4, -0.2) is 46.9 Å². The van der Waals surface area contributed by atoms with Gasteiger partial charge in [-0.25, -0.2) is 14.1 Å². The zero-order valence-corrected chi connectivity index (χ0v) is 15.4. The van der Waals surface area contributed by atoms with Crippen LogP contribution in [0.1, 0.15) is 18.0 Å². The lowest BCUT2D eigenvalue weighted by Crippen LogP contribution is -2.31. The Morgan fingerprint density at radius 3 is 2.96 bits per heavy atom. The summed E-state index contributed by atoms with van der Waals surface area (Å²) in [5.74, 6) is 0.263. The van der Waals surface area contributed by atoms with Gasteiger partial charge >= 0.3 is 0 Å². The van der Waals surface area contributed by atoms with Crippen molar-refractivity contribution in [2.45, 2.75) is 18.9 Å². The fourth-order valence-corrected chi connectivity index (χ4v) is 3.41. The number of hydrogen-bond donors (Lipinski definition) is 2. The second-order valence-electron chi connectivity index (χ2n) is 6.77. The van der Waals surface area contributed by atoms with Gasteiger partial charge in [0.15, 0.2) is 12.3 Å². The minimum absolute atomic E-state index is 0.122. The van der Waals surface area contributed by atoms with Crippen molar-refractivity contribution in [1.82, 2.24) is 25.4 Å². The highest BCUT2D eigenvalue weighted by Gasteiger charge is 2.23. The molecule has 0 spiro atoms. The van der Waals surface area contributed by atoms with Crippen LogP contribution in [0.2, 0.25) is 0 Å². The number of ether oxygens (including phenoxy) is 1. The van der Waals surface area contributed by atoms with E-state index in [9.17, 15) is 9.18 Å². The Bertz CT molecular complexity index is 951. The first-order valence-electron chi connectivity index (χ1n) is 9.38. The predicted molar refractivity (Wildman–Crippen MR) is 103 cm³/mol. The minimum atomic E-state index is -0.343. The van der Waals surface area contributed by atoms with Gasteiger partial charge in [-0.1, -0.05) is 0 Å². The quantitative estimate of drug-likeness (QED) is 0.651. The van der Waals surface area contributed by atoms with Gasteiger partial charge in [0.2, 0.25) is 0 Å². The maximum atomic E-state index is 12.9. The van der Waals surface area contributed by atoms with Gasteiger partial charge in [0.05, 0.1) is 12.2 Å². The predicted octanol–water partition coefficient (Wildman–Crippen LogP) is 1.84. The molecule has 8 heteroatoms. The van der Waals surface area contributed by atoms with Gasteiger partial charge in [0.1, 0.15) is 11.6 Å². The molecule has 1 saturated heterocycles. The summed E-state index contributed by atoms with van der Waals surface area (Å²) in [6.07, 6.45) is 2.82. The smallest absolute Gasteiger partial charge is 0.258 e. The topological polar surface area (TPSA) is 81.1 Å². The van der Waals surface area contributed by atoms with Crippen molar-refractivity contribution in [2.75, 3.05) is 26.2 Å². The van der Waals surface area contributed by atoms with E-state index in [0.29, 0.717) is 24.8 Å². The zero-order valence-electron chi connectivity index (χ0n) is 15.4. The SMILES string of the molecule is O=C(COc1ccc(F)cc1)NCCn1nc([C@H]2CCNC2)c2cccnc21. The third kappa shape index (κ3) is 4.12. The largest absolute Gasteiger partial charge is 0.484 e. The summed E-state index contributed by atoms with van der Waals surface area (Å²) in [5.41, 5.74) is 1.90. The van der Waals surface area contributed by atoms with Crippen molar-refractivity contribution < 1.29 is 13.9 Å². The van der Waals surface area contributed by atoms with Crippen molar-refractivity contribution in [2.24, 2.45) is 0 Å². The number of hydrogen-bond acceptors (Lipinski definition) is 5. The summed E-state index contributed by atoms with van der Waals surface area (Å²) < 4.78 is 20.1. The van der Waals surface area contributed by atoms with E-state index in [1.165, 1.54) is 24.3 Å². The number of amides is 1. The maximum absolute atomic E-state index is 12.9. The average Bonchev–Trinajstić information content (AvgIpc) is 3.36. The summed E-state index contributed by atoms with van der Waals surface area (Å²) in [6, 6.07) is 9.54. The van der Waals surface area contributed by atoms with Crippen LogP contribution in [0.15, 0.2) is 42.6 Å². The number of nitrogens with zero attached hydrogens (tertiary/aromatic N) is 3. The lowest BCUT2D eigenvalue weighted by atomic mass is 10.0. The minimum Gasteiger partial charge on any atom is -0.484 e. The van der Waals surface area contributed by atoms with Crippen LogP contribution in [0.25, 0.3) is 11.0 Å². The highest BCUT2D eigenvalue weighted by Crippen LogP contribution is 2.27. The number of rotatable bonds is 7. The number of carbonyl (C=O) groups is 1. The van der Waals surface area contributed by atoms with Gasteiger partial charge in [-0.3, -0.25) is 4.79 Å². The molecule has 1 aromatic carbocycles. The molecule has 1 atom stereocenters. The van der Waals surface area contributed by atoms with Gasteiger partial charge in [-0.2, -0.15) is 5.10 Å². The molecule has 0 aliphatic carbocycles. The van der Waals surface area contributed by atoms with Gasteiger partial charge in [-0.15, -0.1) is 0 Å². The van der Waals surface area contributed by atoms with Crippen LogP contribution in [0, 0.1) is 5.82 Å². The standard InChI is InChI=1S/C20H22FN5O2/c21-15-3-5-16(6-4-15)28-13-18(27)23-10-11-26-20-17(2-1-8-24-20)19(25-26)14-7-9-22-12-14/h1-6,8,14,22H,7,9-13H2,(H,23,27)/t14-/m0/s1. The third-order valence-corrected chi connectivity index (χ3v) is 4.81. The summed E-state index contributed by atoms with van der Waals surface area (Å²) >= 11 is 0. The molecule has 4 rings (SSSR count). The molecule has 2 N–H and O–H groups in total. The summed E-state index contributed by atoms with van der Waals surface area (Å²) in [4.78, 5) is 16.5. The second kappa shape index (κ2) is 8.35. The second-order valence-corrected chi connectivity index (χ2v) is 6.77. The monoisotopic (exact) mass is 383 g/mol. The van der Waals surface area contributed by atoms with E-state index < -0.39 is 0 Å². The van der Waals surface area contributed by atoms with Crippen LogP contribution < -0.4 is 15.4 Å². The molecule has 0 bridgehead atoms. The Balaban J connectivity index is 1.34. The van der Waals surface area contributed by atoms with Crippen molar-refractivity contribution >= 4 is 16.9 Å². The molecular formula is C20H22FN5O2. The van der Waals surface area contributed by atoms with Crippen LogP contribution in [0.5, 0.6) is 5.75 Å². The third-order valence-electron chi connectivity index (χ3n) is 4.81. The van der Waals surface area contributed by atoms with Gasteiger partial charge in [0, 0.05) is 30.6 Å². The van der Waals surface area contributed by atoms with Crippen LogP contribution in [0.3, 0.4) is 0 Å². The van der Waals surface area contributed by atoms with Crippen LogP contribution in [-0.2, 0) is 11.3 Å². The molecule has 2 aromatic heterocycles. The molecular weight excluding hydrogens is 361 g/mol. The molecule has 7 nitrogen and oxygen atoms in total. The molecule has 1 fully saturated rings. The average molecular weight is 383 g/mol. The molecule has 0 unspecified atom stereocenters. The maximum Gasteiger partial charge on any atom is 0.258 e. The molecule has 146 valence electrons. The van der Waals surface area contributed by atoms with Crippen molar-refractivity contribution in [1.29, 1.82) is 0 Å². The highest BCUT2D eigenvalue weighted by molar-refractivity contribution is 5.79. The molecule has 0 radical (unpaired) electrons. The zero-order chi connectivity index (χ0) is 19.3. The molecule has 28 heavy (non-hydrogen) atoms. The van der Waals surface area contributed by atoms with Gasteiger partial charge in [-0.05, 0) is 49.4 Å². The number of aromatic nitrogens is 3. The number of pyridine rings is 1. The Kier molecular flexibility index (Phi) is 5.48. The Morgan fingerprint density at radius 2 is 2.18 bits per heavy atom. The van der Waals surface area contributed by atoms with Crippen molar-refractivity contribution in [3.63, 3.8) is 0 Å². The summed E-state index contributed by atoms with van der Waals surface area (Å²) in [6.45, 7) is 2.75. The number of halogens is 1. The first kappa shape index (κ1) is 18.4. The van der Waals surface area contributed by atoms with E-state index >= 15 is 0 Å². The van der Waals surface area contributed by atoms with Crippen molar-refractivity contribution in [3.05, 3.63) is 54.1 Å². The van der Waals surface area contributed by atoms with E-state index in [0.717, 1.165) is 36.2 Å². The number of fused-ring (bicyclic) bond motifs is 1. The van der Waals surface area contributed by atoms with E-state index in [4.69, 9.17) is 9.84 Å². The lowest BCUT2D eigenvalue weighted by molar-refractivity contribution is -0.123. The number of nitrogens with one attached hydrogen (secondary N) is 2. The summed E-state index contributed by atoms with van der Waals surface area (Å²) in [5, 5.41) is 12.0. The lowest BCUT2D eigenvalue weighted by Gasteiger charge is -2.08. The highest BCUT2D eigenvalue weighted by atomic mass is 19.1. The molecule has 0 saturated carbocycles. The fourth-order valence-electron chi connectivity index (χ4n) is 3.41. The molecule has 3 aromatic rings. The van der Waals surface area contributed by atoms with E-state index in [1.807, 2.05) is 10.7 Å². The molecule has 1 aliphatic heterocycles.